The van der Waals surface area contributed by atoms with Crippen LogP contribution in [0.5, 0.6) is 0 Å². The van der Waals surface area contributed by atoms with Crippen LogP contribution in [-0.2, 0) is 18.3 Å². The fourth-order valence-electron chi connectivity index (χ4n) is 4.21. The maximum absolute atomic E-state index is 13.0. The maximum atomic E-state index is 13.0. The lowest BCUT2D eigenvalue weighted by Crippen LogP contribution is -2.31. The van der Waals surface area contributed by atoms with Crippen LogP contribution in [0.15, 0.2) is 24.3 Å². The zero-order valence-corrected chi connectivity index (χ0v) is 16.9. The highest BCUT2D eigenvalue weighted by atomic mass is 32.1. The third-order valence-corrected chi connectivity index (χ3v) is 6.78. The second kappa shape index (κ2) is 5.53. The summed E-state index contributed by atoms with van der Waals surface area (Å²) >= 11 is 1.65. The number of carbonyl (C=O) groups is 2. The number of anilines is 1. The molecule has 0 atom stereocenters. The van der Waals surface area contributed by atoms with E-state index in [9.17, 15) is 9.59 Å². The molecule has 0 N–H and O–H groups in total. The van der Waals surface area contributed by atoms with Crippen molar-refractivity contribution in [3.63, 3.8) is 0 Å². The number of amides is 2. The van der Waals surface area contributed by atoms with Crippen molar-refractivity contribution in [1.82, 2.24) is 0 Å². The Morgan fingerprint density at radius 1 is 1.04 bits per heavy atom. The van der Waals surface area contributed by atoms with E-state index in [1.165, 1.54) is 20.9 Å². The molecule has 26 heavy (non-hydrogen) atoms. The molecular weight excluding hydrogens is 342 g/mol. The van der Waals surface area contributed by atoms with Crippen LogP contribution in [0.4, 0.5) is 5.00 Å². The van der Waals surface area contributed by atoms with E-state index in [-0.39, 0.29) is 22.6 Å². The van der Waals surface area contributed by atoms with Gasteiger partial charge in [0.15, 0.2) is 0 Å². The van der Waals surface area contributed by atoms with Crippen LogP contribution in [0.1, 0.15) is 77.8 Å². The first-order chi connectivity index (χ1) is 12.1. The number of hydrogen-bond donors (Lipinski definition) is 0. The van der Waals surface area contributed by atoms with Crippen molar-refractivity contribution in [2.75, 3.05) is 4.90 Å². The maximum Gasteiger partial charge on any atom is 0.266 e. The first-order valence-electron chi connectivity index (χ1n) is 9.23. The van der Waals surface area contributed by atoms with E-state index in [0.717, 1.165) is 24.3 Å². The standard InChI is InChI=1S/C22H25NO2S/c1-21(2,3)17-15-12-22(4,5)11-10-16(15)26-20(17)23-18(24)13-8-6-7-9-14(13)19(23)25/h6-9H,10-12H2,1-5H3. The monoisotopic (exact) mass is 367 g/mol. The van der Waals surface area contributed by atoms with Gasteiger partial charge in [-0.3, -0.25) is 9.59 Å². The smallest absolute Gasteiger partial charge is 0.266 e. The highest BCUT2D eigenvalue weighted by Crippen LogP contribution is 2.50. The molecule has 136 valence electrons. The minimum absolute atomic E-state index is 0.123. The van der Waals surface area contributed by atoms with Gasteiger partial charge < -0.3 is 0 Å². The summed E-state index contributed by atoms with van der Waals surface area (Å²) in [5.41, 5.74) is 3.72. The first kappa shape index (κ1) is 17.5. The van der Waals surface area contributed by atoms with Gasteiger partial charge in [-0.2, -0.15) is 0 Å². The van der Waals surface area contributed by atoms with Crippen LogP contribution in [0.25, 0.3) is 0 Å². The molecule has 0 bridgehead atoms. The van der Waals surface area contributed by atoms with Gasteiger partial charge in [0.25, 0.3) is 11.8 Å². The van der Waals surface area contributed by atoms with Gasteiger partial charge in [0.1, 0.15) is 5.00 Å². The van der Waals surface area contributed by atoms with Gasteiger partial charge in [-0.15, -0.1) is 11.3 Å². The summed E-state index contributed by atoms with van der Waals surface area (Å²) in [6, 6.07) is 7.15. The van der Waals surface area contributed by atoms with Crippen molar-refractivity contribution in [2.45, 2.75) is 59.3 Å². The summed E-state index contributed by atoms with van der Waals surface area (Å²) < 4.78 is 0. The Labute approximate surface area is 159 Å². The Morgan fingerprint density at radius 3 is 2.15 bits per heavy atom. The summed E-state index contributed by atoms with van der Waals surface area (Å²) in [6.07, 6.45) is 3.18. The molecule has 4 rings (SSSR count). The molecule has 1 aromatic carbocycles. The van der Waals surface area contributed by atoms with E-state index in [1.807, 2.05) is 12.1 Å². The molecular formula is C22H25NO2S. The summed E-state index contributed by atoms with van der Waals surface area (Å²) in [7, 11) is 0. The Morgan fingerprint density at radius 2 is 1.62 bits per heavy atom. The number of nitrogens with zero attached hydrogens (tertiary/aromatic N) is 1. The molecule has 4 heteroatoms. The SMILES string of the molecule is CC1(C)CCc2sc(N3C(=O)c4ccccc4C3=O)c(C(C)(C)C)c2C1. The quantitative estimate of drug-likeness (QED) is 0.636. The molecule has 3 nitrogen and oxygen atoms in total. The van der Waals surface area contributed by atoms with Crippen LogP contribution in [0.3, 0.4) is 0 Å². The first-order valence-corrected chi connectivity index (χ1v) is 10.0. The number of imide groups is 1. The average molecular weight is 368 g/mol. The normalized spacial score (nSPS) is 18.9. The van der Waals surface area contributed by atoms with Crippen molar-refractivity contribution in [2.24, 2.45) is 5.41 Å². The molecule has 1 aromatic heterocycles. The molecule has 0 spiro atoms. The fraction of sp³-hybridized carbons (Fsp3) is 0.455. The van der Waals surface area contributed by atoms with Gasteiger partial charge in [0, 0.05) is 4.88 Å². The zero-order chi connectivity index (χ0) is 18.9. The van der Waals surface area contributed by atoms with Gasteiger partial charge in [-0.25, -0.2) is 4.90 Å². The molecule has 0 fully saturated rings. The number of benzene rings is 1. The molecule has 2 amide bonds. The van der Waals surface area contributed by atoms with Crippen LogP contribution in [-0.4, -0.2) is 11.8 Å². The van der Waals surface area contributed by atoms with Crippen molar-refractivity contribution in [1.29, 1.82) is 0 Å². The Balaban J connectivity index is 1.90. The highest BCUT2D eigenvalue weighted by Gasteiger charge is 2.42. The van der Waals surface area contributed by atoms with E-state index >= 15 is 0 Å². The molecule has 1 aliphatic heterocycles. The Bertz CT molecular complexity index is 895. The summed E-state index contributed by atoms with van der Waals surface area (Å²) in [6.45, 7) is 11.2. The number of aryl methyl sites for hydroxylation is 1. The third kappa shape index (κ3) is 2.54. The molecule has 0 unspecified atom stereocenters. The molecule has 0 radical (unpaired) electrons. The lowest BCUT2D eigenvalue weighted by atomic mass is 9.73. The minimum Gasteiger partial charge on any atom is -0.268 e. The third-order valence-electron chi connectivity index (χ3n) is 5.50. The molecule has 0 saturated carbocycles. The average Bonchev–Trinajstić information content (AvgIpc) is 3.02. The highest BCUT2D eigenvalue weighted by molar-refractivity contribution is 7.17. The predicted octanol–water partition coefficient (Wildman–Crippen LogP) is 5.36. The topological polar surface area (TPSA) is 37.4 Å². The predicted molar refractivity (Wildman–Crippen MR) is 106 cm³/mol. The van der Waals surface area contributed by atoms with E-state index < -0.39 is 0 Å². The largest absolute Gasteiger partial charge is 0.268 e. The van der Waals surface area contributed by atoms with Crippen LogP contribution < -0.4 is 4.90 Å². The number of thiophene rings is 1. The van der Waals surface area contributed by atoms with E-state index in [0.29, 0.717) is 11.1 Å². The number of fused-ring (bicyclic) bond motifs is 2. The van der Waals surface area contributed by atoms with Crippen molar-refractivity contribution >= 4 is 28.2 Å². The van der Waals surface area contributed by atoms with Crippen molar-refractivity contribution in [3.8, 4) is 0 Å². The lowest BCUT2D eigenvalue weighted by molar-refractivity contribution is 0.0926. The summed E-state index contributed by atoms with van der Waals surface area (Å²) in [4.78, 5) is 28.9. The van der Waals surface area contributed by atoms with Crippen molar-refractivity contribution in [3.05, 3.63) is 51.4 Å². The van der Waals surface area contributed by atoms with Gasteiger partial charge in [0.2, 0.25) is 0 Å². The summed E-state index contributed by atoms with van der Waals surface area (Å²) in [5, 5.41) is 0.839. The Kier molecular flexibility index (Phi) is 3.71. The second-order valence-corrected chi connectivity index (χ2v) is 10.3. The second-order valence-electron chi connectivity index (χ2n) is 9.27. The number of rotatable bonds is 1. The number of carbonyl (C=O) groups excluding carboxylic acids is 2. The molecule has 1 aliphatic carbocycles. The summed E-state index contributed by atoms with van der Waals surface area (Å²) in [5.74, 6) is -0.372. The van der Waals surface area contributed by atoms with Crippen LogP contribution in [0.2, 0.25) is 0 Å². The van der Waals surface area contributed by atoms with E-state index in [1.54, 1.807) is 23.5 Å². The molecule has 0 saturated heterocycles. The van der Waals surface area contributed by atoms with E-state index in [2.05, 4.69) is 34.6 Å². The minimum atomic E-state index is -0.186. The molecule has 2 aromatic rings. The zero-order valence-electron chi connectivity index (χ0n) is 16.1. The van der Waals surface area contributed by atoms with Crippen LogP contribution in [0, 0.1) is 5.41 Å². The van der Waals surface area contributed by atoms with Crippen LogP contribution >= 0.6 is 11.3 Å². The number of hydrogen-bond acceptors (Lipinski definition) is 3. The Hall–Kier alpha value is -1.94. The lowest BCUT2D eigenvalue weighted by Gasteiger charge is -2.32. The fourth-order valence-corrected chi connectivity index (χ4v) is 5.73. The van der Waals surface area contributed by atoms with Crippen molar-refractivity contribution < 1.29 is 9.59 Å². The van der Waals surface area contributed by atoms with Gasteiger partial charge in [0.05, 0.1) is 11.1 Å². The van der Waals surface area contributed by atoms with Gasteiger partial charge >= 0.3 is 0 Å². The molecule has 2 heterocycles. The van der Waals surface area contributed by atoms with E-state index in [4.69, 9.17) is 0 Å². The van der Waals surface area contributed by atoms with Gasteiger partial charge in [-0.05, 0) is 53.4 Å². The van der Waals surface area contributed by atoms with Gasteiger partial charge in [-0.1, -0.05) is 46.8 Å². The molecule has 2 aliphatic rings.